The average molecular weight is 368 g/mol. The predicted molar refractivity (Wildman–Crippen MR) is 85.9 cm³/mol. The first-order valence-corrected chi connectivity index (χ1v) is 7.76. The SMILES string of the molecule is CNc1nc(Oc2ccc(Br)c(F)c2)c2cc(C)sc2n1. The van der Waals surface area contributed by atoms with Crippen molar-refractivity contribution in [2.24, 2.45) is 0 Å². The Balaban J connectivity index is 2.07. The van der Waals surface area contributed by atoms with E-state index >= 15 is 0 Å². The molecule has 4 nitrogen and oxygen atoms in total. The summed E-state index contributed by atoms with van der Waals surface area (Å²) in [4.78, 5) is 10.6. The highest BCUT2D eigenvalue weighted by atomic mass is 79.9. The molecule has 0 atom stereocenters. The number of fused-ring (bicyclic) bond motifs is 1. The first kappa shape index (κ1) is 14.2. The van der Waals surface area contributed by atoms with E-state index in [2.05, 4.69) is 31.2 Å². The summed E-state index contributed by atoms with van der Waals surface area (Å²) in [6.45, 7) is 1.99. The fourth-order valence-electron chi connectivity index (χ4n) is 1.86. The summed E-state index contributed by atoms with van der Waals surface area (Å²) >= 11 is 4.68. The molecule has 0 amide bonds. The van der Waals surface area contributed by atoms with Gasteiger partial charge >= 0.3 is 0 Å². The van der Waals surface area contributed by atoms with E-state index in [4.69, 9.17) is 4.74 Å². The van der Waals surface area contributed by atoms with Gasteiger partial charge in [-0.25, -0.2) is 9.37 Å². The maximum atomic E-state index is 13.6. The molecule has 0 unspecified atom stereocenters. The van der Waals surface area contributed by atoms with Crippen LogP contribution in [0.1, 0.15) is 4.88 Å². The molecule has 0 saturated carbocycles. The second-order valence-corrected chi connectivity index (χ2v) is 6.45. The maximum absolute atomic E-state index is 13.6. The van der Waals surface area contributed by atoms with Crippen molar-refractivity contribution in [2.75, 3.05) is 12.4 Å². The van der Waals surface area contributed by atoms with Gasteiger partial charge in [0.25, 0.3) is 0 Å². The number of nitrogens with zero attached hydrogens (tertiary/aromatic N) is 2. The number of aromatic nitrogens is 2. The zero-order chi connectivity index (χ0) is 15.0. The lowest BCUT2D eigenvalue weighted by Crippen LogP contribution is -1.98. The van der Waals surface area contributed by atoms with Crippen molar-refractivity contribution in [2.45, 2.75) is 6.92 Å². The number of ether oxygens (including phenoxy) is 1. The van der Waals surface area contributed by atoms with E-state index in [-0.39, 0.29) is 5.82 Å². The van der Waals surface area contributed by atoms with E-state index in [0.29, 0.717) is 22.1 Å². The quantitative estimate of drug-likeness (QED) is 0.726. The van der Waals surface area contributed by atoms with Crippen molar-refractivity contribution in [3.8, 4) is 11.6 Å². The van der Waals surface area contributed by atoms with Crippen LogP contribution in [0.5, 0.6) is 11.6 Å². The lowest BCUT2D eigenvalue weighted by atomic mass is 10.3. The first-order valence-electron chi connectivity index (χ1n) is 6.15. The number of thiophene rings is 1. The van der Waals surface area contributed by atoms with Crippen LogP contribution in [0.2, 0.25) is 0 Å². The van der Waals surface area contributed by atoms with Crippen molar-refractivity contribution in [3.05, 3.63) is 39.4 Å². The highest BCUT2D eigenvalue weighted by molar-refractivity contribution is 9.10. The minimum atomic E-state index is -0.381. The van der Waals surface area contributed by atoms with Gasteiger partial charge < -0.3 is 10.1 Å². The van der Waals surface area contributed by atoms with Gasteiger partial charge in [0.1, 0.15) is 16.4 Å². The van der Waals surface area contributed by atoms with E-state index in [1.165, 1.54) is 6.07 Å². The Labute approximate surface area is 133 Å². The lowest BCUT2D eigenvalue weighted by molar-refractivity contribution is 0.463. The van der Waals surface area contributed by atoms with Crippen LogP contribution in [0, 0.1) is 12.7 Å². The number of halogens is 2. The second-order valence-electron chi connectivity index (χ2n) is 4.36. The molecule has 0 saturated heterocycles. The van der Waals surface area contributed by atoms with Gasteiger partial charge in [0, 0.05) is 18.0 Å². The number of nitrogens with one attached hydrogen (secondary N) is 1. The molecule has 1 aromatic carbocycles. The molecule has 0 aliphatic carbocycles. The van der Waals surface area contributed by atoms with E-state index in [0.717, 1.165) is 15.1 Å². The van der Waals surface area contributed by atoms with Gasteiger partial charge in [-0.2, -0.15) is 4.98 Å². The molecule has 1 N–H and O–H groups in total. The largest absolute Gasteiger partial charge is 0.438 e. The Hall–Kier alpha value is -1.73. The molecular formula is C14H11BrFN3OS. The fraction of sp³-hybridized carbons (Fsp3) is 0.143. The molecule has 21 heavy (non-hydrogen) atoms. The van der Waals surface area contributed by atoms with E-state index in [9.17, 15) is 4.39 Å². The van der Waals surface area contributed by atoms with Crippen LogP contribution in [0.4, 0.5) is 10.3 Å². The lowest BCUT2D eigenvalue weighted by Gasteiger charge is -2.08. The zero-order valence-corrected chi connectivity index (χ0v) is 13.7. The van der Waals surface area contributed by atoms with Crippen LogP contribution in [0.3, 0.4) is 0 Å². The van der Waals surface area contributed by atoms with Gasteiger partial charge in [0.15, 0.2) is 0 Å². The third-order valence-electron chi connectivity index (χ3n) is 2.81. The molecule has 0 radical (unpaired) electrons. The number of aryl methyl sites for hydroxylation is 1. The number of rotatable bonds is 3. The van der Waals surface area contributed by atoms with E-state index in [1.807, 2.05) is 13.0 Å². The minimum Gasteiger partial charge on any atom is -0.438 e. The summed E-state index contributed by atoms with van der Waals surface area (Å²) in [5.74, 6) is 0.891. The molecule has 0 aliphatic heterocycles. The monoisotopic (exact) mass is 367 g/mol. The average Bonchev–Trinajstić information content (AvgIpc) is 2.83. The van der Waals surface area contributed by atoms with Crippen LogP contribution in [0.15, 0.2) is 28.7 Å². The van der Waals surface area contributed by atoms with Crippen molar-refractivity contribution < 1.29 is 9.13 Å². The number of benzene rings is 1. The van der Waals surface area contributed by atoms with Crippen molar-refractivity contribution in [3.63, 3.8) is 0 Å². The summed E-state index contributed by atoms with van der Waals surface area (Å²) in [5, 5.41) is 3.72. The molecule has 0 bridgehead atoms. The fourth-order valence-corrected chi connectivity index (χ4v) is 2.97. The van der Waals surface area contributed by atoms with Gasteiger partial charge in [0.05, 0.1) is 9.86 Å². The summed E-state index contributed by atoms with van der Waals surface area (Å²) in [6.07, 6.45) is 0. The Morgan fingerprint density at radius 2 is 2.10 bits per heavy atom. The minimum absolute atomic E-state index is 0.381. The molecule has 3 rings (SSSR count). The highest BCUT2D eigenvalue weighted by Gasteiger charge is 2.13. The standard InChI is InChI=1S/C14H11BrFN3OS/c1-7-5-9-12(18-14(17-2)19-13(9)21-7)20-8-3-4-10(15)11(16)6-8/h3-6H,1-2H3,(H,17,18,19). The smallest absolute Gasteiger partial charge is 0.232 e. The Bertz CT molecular complexity index is 821. The van der Waals surface area contributed by atoms with Crippen molar-refractivity contribution in [1.82, 2.24) is 9.97 Å². The maximum Gasteiger partial charge on any atom is 0.232 e. The third-order valence-corrected chi connectivity index (χ3v) is 4.40. The van der Waals surface area contributed by atoms with Crippen molar-refractivity contribution in [1.29, 1.82) is 0 Å². The molecule has 0 fully saturated rings. The van der Waals surface area contributed by atoms with Gasteiger partial charge in [-0.1, -0.05) is 0 Å². The normalized spacial score (nSPS) is 10.9. The van der Waals surface area contributed by atoms with Crippen LogP contribution in [0.25, 0.3) is 10.2 Å². The first-order chi connectivity index (χ1) is 10.1. The second kappa shape index (κ2) is 5.57. The number of hydrogen-bond acceptors (Lipinski definition) is 5. The Morgan fingerprint density at radius 1 is 1.29 bits per heavy atom. The molecule has 2 aromatic heterocycles. The van der Waals surface area contributed by atoms with Crippen LogP contribution in [-0.2, 0) is 0 Å². The van der Waals surface area contributed by atoms with Gasteiger partial charge in [-0.3, -0.25) is 0 Å². The predicted octanol–water partition coefficient (Wildman–Crippen LogP) is 4.74. The topological polar surface area (TPSA) is 47.0 Å². The summed E-state index contributed by atoms with van der Waals surface area (Å²) in [6, 6.07) is 6.56. The molecule has 0 spiro atoms. The van der Waals surface area contributed by atoms with Gasteiger partial charge in [-0.15, -0.1) is 11.3 Å². The molecule has 7 heteroatoms. The molecule has 3 aromatic rings. The van der Waals surface area contributed by atoms with Crippen LogP contribution >= 0.6 is 27.3 Å². The van der Waals surface area contributed by atoms with Crippen molar-refractivity contribution >= 4 is 43.4 Å². The molecule has 0 aliphatic rings. The van der Waals surface area contributed by atoms with Gasteiger partial charge in [-0.05, 0) is 41.1 Å². The Kier molecular flexibility index (Phi) is 3.77. The highest BCUT2D eigenvalue weighted by Crippen LogP contribution is 2.34. The van der Waals surface area contributed by atoms with E-state index < -0.39 is 0 Å². The zero-order valence-electron chi connectivity index (χ0n) is 11.3. The van der Waals surface area contributed by atoms with Crippen LogP contribution < -0.4 is 10.1 Å². The summed E-state index contributed by atoms with van der Waals surface area (Å²) < 4.78 is 19.7. The number of hydrogen-bond donors (Lipinski definition) is 1. The third kappa shape index (κ3) is 2.84. The number of anilines is 1. The summed E-state index contributed by atoms with van der Waals surface area (Å²) in [5.41, 5.74) is 0. The summed E-state index contributed by atoms with van der Waals surface area (Å²) in [7, 11) is 1.74. The molecule has 108 valence electrons. The Morgan fingerprint density at radius 3 is 2.81 bits per heavy atom. The van der Waals surface area contributed by atoms with Gasteiger partial charge in [0.2, 0.25) is 11.8 Å². The van der Waals surface area contributed by atoms with Crippen LogP contribution in [-0.4, -0.2) is 17.0 Å². The van der Waals surface area contributed by atoms with E-state index in [1.54, 1.807) is 30.5 Å². The molecular weight excluding hydrogens is 357 g/mol. The molecule has 2 heterocycles.